The largest absolute Gasteiger partial charge is 0.481 e. The van der Waals surface area contributed by atoms with Gasteiger partial charge in [0.1, 0.15) is 11.4 Å². The van der Waals surface area contributed by atoms with Crippen molar-refractivity contribution >= 4 is 23.4 Å². The fourth-order valence-electron chi connectivity index (χ4n) is 4.99. The molecule has 4 rings (SSSR count). The van der Waals surface area contributed by atoms with E-state index in [2.05, 4.69) is 22.1 Å². The highest BCUT2D eigenvalue weighted by Gasteiger charge is 2.35. The average molecular weight is 439 g/mol. The van der Waals surface area contributed by atoms with E-state index in [1.54, 1.807) is 4.90 Å². The molecule has 3 N–H and O–H groups in total. The average Bonchev–Trinajstić information content (AvgIpc) is 2.74. The van der Waals surface area contributed by atoms with E-state index in [0.29, 0.717) is 30.2 Å². The Morgan fingerprint density at radius 2 is 1.88 bits per heavy atom. The van der Waals surface area contributed by atoms with Gasteiger partial charge >= 0.3 is 12.0 Å². The standard InChI is InChI=1S/C24H30N4O4/c1-3-32-24-26-19-12-14(2)28(23(31)21(19)22(25)27-24)18-10-8-17(9-11-18)16-6-4-15(5-7-16)13-20(29)30/h8-11,14-16H,3-7,12-13H2,1-2H3,(H,29,30)(H2,25,26,27). The zero-order valence-corrected chi connectivity index (χ0v) is 18.6. The van der Waals surface area contributed by atoms with Gasteiger partial charge < -0.3 is 20.5 Å². The number of carboxylic acids is 1. The lowest BCUT2D eigenvalue weighted by molar-refractivity contribution is -0.138. The van der Waals surface area contributed by atoms with Crippen LogP contribution in [0.2, 0.25) is 0 Å². The molecule has 8 nitrogen and oxygen atoms in total. The number of hydrogen-bond acceptors (Lipinski definition) is 6. The molecular formula is C24H30N4O4. The van der Waals surface area contributed by atoms with Crippen molar-refractivity contribution in [3.05, 3.63) is 41.1 Å². The number of anilines is 2. The highest BCUT2D eigenvalue weighted by molar-refractivity contribution is 6.11. The maximum absolute atomic E-state index is 13.3. The Balaban J connectivity index is 1.50. The number of rotatable bonds is 6. The summed E-state index contributed by atoms with van der Waals surface area (Å²) in [6.07, 6.45) is 4.73. The fourth-order valence-corrected chi connectivity index (χ4v) is 4.99. The minimum absolute atomic E-state index is 0.0731. The lowest BCUT2D eigenvalue weighted by Gasteiger charge is -2.35. The normalized spacial score (nSPS) is 23.0. The molecule has 1 atom stereocenters. The molecule has 0 bridgehead atoms. The Bertz CT molecular complexity index is 1000. The van der Waals surface area contributed by atoms with Crippen molar-refractivity contribution in [2.45, 2.75) is 64.3 Å². The number of carboxylic acid groups (broad SMARTS) is 1. The number of carbonyl (C=O) groups excluding carboxylic acids is 1. The molecule has 1 aromatic heterocycles. The number of aliphatic carboxylic acids is 1. The number of aromatic nitrogens is 2. The minimum Gasteiger partial charge on any atom is -0.481 e. The molecule has 1 fully saturated rings. The number of fused-ring (bicyclic) bond motifs is 1. The summed E-state index contributed by atoms with van der Waals surface area (Å²) in [5, 5.41) is 9.01. The number of amides is 1. The van der Waals surface area contributed by atoms with Crippen LogP contribution in [0.25, 0.3) is 0 Å². The van der Waals surface area contributed by atoms with Crippen molar-refractivity contribution in [1.29, 1.82) is 0 Å². The first-order valence-corrected chi connectivity index (χ1v) is 11.3. The van der Waals surface area contributed by atoms with Crippen LogP contribution in [-0.4, -0.2) is 39.6 Å². The van der Waals surface area contributed by atoms with E-state index in [9.17, 15) is 9.59 Å². The number of hydrogen-bond donors (Lipinski definition) is 2. The van der Waals surface area contributed by atoms with E-state index in [4.69, 9.17) is 15.6 Å². The Labute approximate surface area is 187 Å². The number of nitrogen functional groups attached to an aromatic ring is 1. The van der Waals surface area contributed by atoms with Crippen molar-refractivity contribution in [3.8, 4) is 6.01 Å². The quantitative estimate of drug-likeness (QED) is 0.704. The third-order valence-electron chi connectivity index (χ3n) is 6.58. The van der Waals surface area contributed by atoms with Crippen LogP contribution in [-0.2, 0) is 11.2 Å². The number of nitrogens with two attached hydrogens (primary N) is 1. The van der Waals surface area contributed by atoms with Crippen LogP contribution in [0, 0.1) is 5.92 Å². The summed E-state index contributed by atoms with van der Waals surface area (Å²) in [6, 6.07) is 8.29. The molecule has 2 aromatic rings. The van der Waals surface area contributed by atoms with Crippen LogP contribution in [0.4, 0.5) is 11.5 Å². The molecule has 2 aliphatic rings. The summed E-state index contributed by atoms with van der Waals surface area (Å²) in [6.45, 7) is 4.28. The smallest absolute Gasteiger partial charge is 0.318 e. The zero-order chi connectivity index (χ0) is 22.8. The first-order valence-electron chi connectivity index (χ1n) is 11.3. The van der Waals surface area contributed by atoms with Crippen molar-refractivity contribution in [2.24, 2.45) is 5.92 Å². The molecule has 0 radical (unpaired) electrons. The molecule has 1 unspecified atom stereocenters. The van der Waals surface area contributed by atoms with E-state index < -0.39 is 5.97 Å². The predicted octanol–water partition coefficient (Wildman–Crippen LogP) is 3.80. The van der Waals surface area contributed by atoms with Gasteiger partial charge in [0.15, 0.2) is 0 Å². The Morgan fingerprint density at radius 3 is 2.50 bits per heavy atom. The summed E-state index contributed by atoms with van der Waals surface area (Å²) in [7, 11) is 0. The van der Waals surface area contributed by atoms with Gasteiger partial charge in [0, 0.05) is 24.6 Å². The second-order valence-corrected chi connectivity index (χ2v) is 8.78. The molecule has 0 spiro atoms. The summed E-state index contributed by atoms with van der Waals surface area (Å²) in [5.41, 5.74) is 9.14. The van der Waals surface area contributed by atoms with Gasteiger partial charge in [-0.05, 0) is 69.1 Å². The van der Waals surface area contributed by atoms with E-state index in [1.165, 1.54) is 5.56 Å². The van der Waals surface area contributed by atoms with E-state index >= 15 is 0 Å². The van der Waals surface area contributed by atoms with Crippen LogP contribution < -0.4 is 15.4 Å². The summed E-state index contributed by atoms with van der Waals surface area (Å²) in [4.78, 5) is 34.5. The summed E-state index contributed by atoms with van der Waals surface area (Å²) >= 11 is 0. The van der Waals surface area contributed by atoms with Crippen LogP contribution >= 0.6 is 0 Å². The first-order chi connectivity index (χ1) is 15.4. The summed E-state index contributed by atoms with van der Waals surface area (Å²) in [5.74, 6) is -0.0349. The number of benzene rings is 1. The van der Waals surface area contributed by atoms with Gasteiger partial charge in [-0.25, -0.2) is 0 Å². The van der Waals surface area contributed by atoms with Crippen molar-refractivity contribution in [3.63, 3.8) is 0 Å². The van der Waals surface area contributed by atoms with Crippen molar-refractivity contribution < 1.29 is 19.4 Å². The van der Waals surface area contributed by atoms with E-state index in [-0.39, 0.29) is 36.1 Å². The number of ether oxygens (including phenoxy) is 1. The molecule has 1 aliphatic carbocycles. The van der Waals surface area contributed by atoms with Gasteiger partial charge in [-0.15, -0.1) is 0 Å². The van der Waals surface area contributed by atoms with Crippen LogP contribution in [0.3, 0.4) is 0 Å². The Hall–Kier alpha value is -3.16. The first kappa shape index (κ1) is 22.0. The lowest BCUT2D eigenvalue weighted by atomic mass is 9.77. The van der Waals surface area contributed by atoms with Crippen LogP contribution in [0.15, 0.2) is 24.3 Å². The highest BCUT2D eigenvalue weighted by Crippen LogP contribution is 2.38. The molecule has 0 saturated heterocycles. The van der Waals surface area contributed by atoms with Gasteiger partial charge in [-0.2, -0.15) is 9.97 Å². The Kier molecular flexibility index (Phi) is 6.30. The highest BCUT2D eigenvalue weighted by atomic mass is 16.5. The third-order valence-corrected chi connectivity index (χ3v) is 6.58. The van der Waals surface area contributed by atoms with E-state index in [1.807, 2.05) is 26.0 Å². The van der Waals surface area contributed by atoms with E-state index in [0.717, 1.165) is 31.4 Å². The third kappa shape index (κ3) is 4.40. The van der Waals surface area contributed by atoms with Gasteiger partial charge in [0.2, 0.25) is 0 Å². The molecule has 32 heavy (non-hydrogen) atoms. The summed E-state index contributed by atoms with van der Waals surface area (Å²) < 4.78 is 5.37. The maximum atomic E-state index is 13.3. The number of carbonyl (C=O) groups is 2. The van der Waals surface area contributed by atoms with Crippen molar-refractivity contribution in [1.82, 2.24) is 9.97 Å². The fraction of sp³-hybridized carbons (Fsp3) is 0.500. The molecule has 1 amide bonds. The van der Waals surface area contributed by atoms with Crippen molar-refractivity contribution in [2.75, 3.05) is 17.2 Å². The number of nitrogens with zero attached hydrogens (tertiary/aromatic N) is 3. The molecule has 1 aromatic carbocycles. The van der Waals surface area contributed by atoms with Gasteiger partial charge in [-0.1, -0.05) is 12.1 Å². The molecule has 1 aliphatic heterocycles. The Morgan fingerprint density at radius 1 is 1.19 bits per heavy atom. The predicted molar refractivity (Wildman–Crippen MR) is 121 cm³/mol. The second-order valence-electron chi connectivity index (χ2n) is 8.78. The topological polar surface area (TPSA) is 119 Å². The zero-order valence-electron chi connectivity index (χ0n) is 18.6. The second kappa shape index (κ2) is 9.14. The maximum Gasteiger partial charge on any atom is 0.318 e. The molecule has 8 heteroatoms. The molecule has 2 heterocycles. The molecular weight excluding hydrogens is 408 g/mol. The minimum atomic E-state index is -0.708. The van der Waals surface area contributed by atoms with Gasteiger partial charge in [-0.3, -0.25) is 9.59 Å². The SMILES string of the molecule is CCOc1nc(N)c2c(n1)CC(C)N(c1ccc(C3CCC(CC(=O)O)CC3)cc1)C2=O. The molecule has 1 saturated carbocycles. The van der Waals surface area contributed by atoms with Gasteiger partial charge in [0.05, 0.1) is 12.3 Å². The van der Waals surface area contributed by atoms with Crippen LogP contribution in [0.5, 0.6) is 6.01 Å². The lowest BCUT2D eigenvalue weighted by Crippen LogP contribution is -2.45. The van der Waals surface area contributed by atoms with Gasteiger partial charge in [0.25, 0.3) is 5.91 Å². The molecule has 170 valence electrons. The monoisotopic (exact) mass is 438 g/mol. The van der Waals surface area contributed by atoms with Crippen LogP contribution in [0.1, 0.15) is 73.5 Å².